The summed E-state index contributed by atoms with van der Waals surface area (Å²) in [5.74, 6) is 0. The Bertz CT molecular complexity index is 379. The van der Waals surface area contributed by atoms with Gasteiger partial charge in [-0.15, -0.1) is 0 Å². The topological polar surface area (TPSA) is 12.9 Å². The molecule has 0 aliphatic heterocycles. The summed E-state index contributed by atoms with van der Waals surface area (Å²) in [7, 11) is 0. The van der Waals surface area contributed by atoms with Crippen molar-refractivity contribution in [2.24, 2.45) is 0 Å². The molecule has 0 aromatic carbocycles. The van der Waals surface area contributed by atoms with E-state index in [-0.39, 0.29) is 18.2 Å². The van der Waals surface area contributed by atoms with Crippen LogP contribution >= 0.6 is 0 Å². The lowest BCUT2D eigenvalue weighted by atomic mass is 10.1. The molecule has 0 radical (unpaired) electrons. The summed E-state index contributed by atoms with van der Waals surface area (Å²) in [6.07, 6.45) is -9.31. The zero-order valence-electron chi connectivity index (χ0n) is 8.08. The molecular formula is C9H7F6N. The van der Waals surface area contributed by atoms with Crippen LogP contribution < -0.4 is 0 Å². The molecule has 0 atom stereocenters. The van der Waals surface area contributed by atoms with Crippen molar-refractivity contribution in [2.75, 3.05) is 0 Å². The number of hydrogen-bond acceptors (Lipinski definition) is 1. The Morgan fingerprint density at radius 1 is 1.06 bits per heavy atom. The first-order chi connectivity index (χ1) is 7.16. The van der Waals surface area contributed by atoms with E-state index in [2.05, 4.69) is 4.98 Å². The first-order valence-electron chi connectivity index (χ1n) is 4.29. The Kier molecular flexibility index (Phi) is 3.16. The van der Waals surface area contributed by atoms with Crippen LogP contribution in [0.3, 0.4) is 0 Å². The van der Waals surface area contributed by atoms with Gasteiger partial charge in [0.25, 0.3) is 0 Å². The van der Waals surface area contributed by atoms with Gasteiger partial charge in [-0.2, -0.15) is 26.3 Å². The second-order valence-electron chi connectivity index (χ2n) is 3.07. The molecule has 0 amide bonds. The zero-order valence-corrected chi connectivity index (χ0v) is 8.08. The van der Waals surface area contributed by atoms with Crippen molar-refractivity contribution in [1.29, 1.82) is 0 Å². The van der Waals surface area contributed by atoms with Gasteiger partial charge in [0.2, 0.25) is 0 Å². The van der Waals surface area contributed by atoms with Crippen LogP contribution in [0.1, 0.15) is 23.7 Å². The largest absolute Gasteiger partial charge is 0.418 e. The Morgan fingerprint density at radius 3 is 2.00 bits per heavy atom. The molecule has 7 heteroatoms. The molecule has 1 rings (SSSR count). The van der Waals surface area contributed by atoms with Crippen LogP contribution in [-0.2, 0) is 18.8 Å². The summed E-state index contributed by atoms with van der Waals surface area (Å²) in [6.45, 7) is 1.39. The Balaban J connectivity index is 3.34. The monoisotopic (exact) mass is 243 g/mol. The second-order valence-corrected chi connectivity index (χ2v) is 3.07. The van der Waals surface area contributed by atoms with Crippen LogP contribution in [0, 0.1) is 0 Å². The third-order valence-electron chi connectivity index (χ3n) is 1.94. The number of aromatic nitrogens is 1. The minimum absolute atomic E-state index is 0.0764. The molecule has 0 fully saturated rings. The van der Waals surface area contributed by atoms with Crippen molar-refractivity contribution in [3.63, 3.8) is 0 Å². The van der Waals surface area contributed by atoms with Gasteiger partial charge in [-0.05, 0) is 12.5 Å². The van der Waals surface area contributed by atoms with Crippen LogP contribution in [0.2, 0.25) is 0 Å². The van der Waals surface area contributed by atoms with Gasteiger partial charge in [0, 0.05) is 6.20 Å². The zero-order chi connectivity index (χ0) is 12.6. The molecule has 90 valence electrons. The van der Waals surface area contributed by atoms with E-state index in [0.717, 1.165) is 0 Å². The summed E-state index contributed by atoms with van der Waals surface area (Å²) < 4.78 is 73.7. The van der Waals surface area contributed by atoms with Crippen LogP contribution in [0.25, 0.3) is 0 Å². The lowest BCUT2D eigenvalue weighted by molar-refractivity contribution is -0.143. The summed E-state index contributed by atoms with van der Waals surface area (Å²) in [6, 6.07) is 0.0891. The van der Waals surface area contributed by atoms with E-state index in [1.807, 2.05) is 0 Å². The molecule has 1 aromatic heterocycles. The van der Waals surface area contributed by atoms with Crippen LogP contribution in [0.5, 0.6) is 0 Å². The van der Waals surface area contributed by atoms with E-state index in [9.17, 15) is 26.3 Å². The maximum Gasteiger partial charge on any atom is 0.418 e. The average Bonchev–Trinajstić information content (AvgIpc) is 2.14. The molecule has 0 spiro atoms. The molecule has 0 saturated heterocycles. The predicted molar refractivity (Wildman–Crippen MR) is 43.6 cm³/mol. The molecular weight excluding hydrogens is 236 g/mol. The highest BCUT2D eigenvalue weighted by Crippen LogP contribution is 2.36. The lowest BCUT2D eigenvalue weighted by Crippen LogP contribution is -2.14. The third-order valence-corrected chi connectivity index (χ3v) is 1.94. The minimum atomic E-state index is -4.82. The molecule has 0 aliphatic carbocycles. The summed E-state index contributed by atoms with van der Waals surface area (Å²) in [5, 5.41) is 0. The fourth-order valence-electron chi connectivity index (χ4n) is 1.18. The smallest absolute Gasteiger partial charge is 0.260 e. The summed E-state index contributed by atoms with van der Waals surface area (Å²) in [4.78, 5) is 3.19. The quantitative estimate of drug-likeness (QED) is 0.685. The van der Waals surface area contributed by atoms with Crippen molar-refractivity contribution >= 4 is 0 Å². The molecule has 0 aliphatic rings. The van der Waals surface area contributed by atoms with Gasteiger partial charge >= 0.3 is 12.4 Å². The first-order valence-corrected chi connectivity index (χ1v) is 4.29. The first kappa shape index (κ1) is 12.8. The maximum absolute atomic E-state index is 12.4. The van der Waals surface area contributed by atoms with E-state index in [1.165, 1.54) is 6.92 Å². The van der Waals surface area contributed by atoms with Gasteiger partial charge in [-0.3, -0.25) is 4.98 Å². The van der Waals surface area contributed by atoms with Gasteiger partial charge < -0.3 is 0 Å². The molecule has 1 heterocycles. The fourth-order valence-corrected chi connectivity index (χ4v) is 1.18. The molecule has 0 unspecified atom stereocenters. The molecule has 1 nitrogen and oxygen atoms in total. The lowest BCUT2D eigenvalue weighted by Gasteiger charge is -2.13. The highest BCUT2D eigenvalue weighted by molar-refractivity contribution is 5.29. The average molecular weight is 243 g/mol. The standard InChI is InChI=1S/C9H7F6N/c1-2-7-6(9(13,14)15)3-5(4-16-7)8(10,11)12/h3-4H,2H2,1H3. The number of hydrogen-bond donors (Lipinski definition) is 0. The van der Waals surface area contributed by atoms with E-state index in [1.54, 1.807) is 0 Å². The molecule has 1 aromatic rings. The van der Waals surface area contributed by atoms with Gasteiger partial charge in [-0.25, -0.2) is 0 Å². The third kappa shape index (κ3) is 2.65. The van der Waals surface area contributed by atoms with E-state index < -0.39 is 23.5 Å². The maximum atomic E-state index is 12.4. The van der Waals surface area contributed by atoms with Crippen molar-refractivity contribution in [2.45, 2.75) is 25.7 Å². The Labute approximate surface area is 87.1 Å². The number of nitrogens with zero attached hydrogens (tertiary/aromatic N) is 1. The second kappa shape index (κ2) is 3.95. The van der Waals surface area contributed by atoms with Crippen molar-refractivity contribution < 1.29 is 26.3 Å². The number of alkyl halides is 6. The van der Waals surface area contributed by atoms with Crippen LogP contribution in [-0.4, -0.2) is 4.98 Å². The predicted octanol–water partition coefficient (Wildman–Crippen LogP) is 3.68. The number of pyridine rings is 1. The number of rotatable bonds is 1. The Morgan fingerprint density at radius 2 is 1.62 bits per heavy atom. The van der Waals surface area contributed by atoms with Gasteiger partial charge in [0.1, 0.15) is 0 Å². The molecule has 0 saturated carbocycles. The number of aryl methyl sites for hydroxylation is 1. The van der Waals surface area contributed by atoms with E-state index >= 15 is 0 Å². The van der Waals surface area contributed by atoms with Gasteiger partial charge in [0.15, 0.2) is 0 Å². The molecule has 0 N–H and O–H groups in total. The summed E-state index contributed by atoms with van der Waals surface area (Å²) >= 11 is 0. The van der Waals surface area contributed by atoms with E-state index in [4.69, 9.17) is 0 Å². The molecule has 0 bridgehead atoms. The van der Waals surface area contributed by atoms with E-state index in [0.29, 0.717) is 6.20 Å². The summed E-state index contributed by atoms with van der Waals surface area (Å²) in [5.41, 5.74) is -3.11. The normalized spacial score (nSPS) is 12.9. The van der Waals surface area contributed by atoms with Gasteiger partial charge in [-0.1, -0.05) is 6.92 Å². The number of halogens is 6. The van der Waals surface area contributed by atoms with Crippen molar-refractivity contribution in [3.8, 4) is 0 Å². The van der Waals surface area contributed by atoms with Gasteiger partial charge in [0.05, 0.1) is 16.8 Å². The van der Waals surface area contributed by atoms with Crippen LogP contribution in [0.4, 0.5) is 26.3 Å². The molecule has 16 heavy (non-hydrogen) atoms. The highest BCUT2D eigenvalue weighted by Gasteiger charge is 2.38. The van der Waals surface area contributed by atoms with Crippen molar-refractivity contribution in [3.05, 3.63) is 29.1 Å². The Hall–Kier alpha value is -1.27. The SMILES string of the molecule is CCc1ncc(C(F)(F)F)cc1C(F)(F)F. The van der Waals surface area contributed by atoms with Crippen LogP contribution in [0.15, 0.2) is 12.3 Å². The van der Waals surface area contributed by atoms with Crippen molar-refractivity contribution in [1.82, 2.24) is 4.98 Å². The minimum Gasteiger partial charge on any atom is -0.260 e. The fraction of sp³-hybridized carbons (Fsp3) is 0.444. The highest BCUT2D eigenvalue weighted by atomic mass is 19.4.